The number of nitrogens with zero attached hydrogens (tertiary/aromatic N) is 2. The third-order valence-electron chi connectivity index (χ3n) is 2.89. The first-order valence-corrected chi connectivity index (χ1v) is 5.51. The monoisotopic (exact) mass is 226 g/mol. The molecule has 17 heavy (non-hydrogen) atoms. The molecule has 0 saturated carbocycles. The molecule has 1 heterocycles. The van der Waals surface area contributed by atoms with Crippen molar-refractivity contribution in [2.75, 3.05) is 6.61 Å². The number of aromatic nitrogens is 1. The lowest BCUT2D eigenvalue weighted by atomic mass is 10.0. The molecule has 0 aliphatic carbocycles. The molecule has 0 aliphatic rings. The van der Waals surface area contributed by atoms with E-state index in [0.717, 1.165) is 27.9 Å². The molecule has 3 heteroatoms. The van der Waals surface area contributed by atoms with Crippen LogP contribution < -0.4 is 4.74 Å². The molecule has 86 valence electrons. The summed E-state index contributed by atoms with van der Waals surface area (Å²) in [5.74, 6) is 0.733. The van der Waals surface area contributed by atoms with Gasteiger partial charge in [-0.3, -0.25) is 4.98 Å². The molecule has 3 nitrogen and oxygen atoms in total. The van der Waals surface area contributed by atoms with Crippen molar-refractivity contribution in [3.05, 3.63) is 35.0 Å². The summed E-state index contributed by atoms with van der Waals surface area (Å²) in [4.78, 5) is 4.54. The average Bonchev–Trinajstić information content (AvgIpc) is 2.31. The van der Waals surface area contributed by atoms with Gasteiger partial charge in [-0.05, 0) is 38.0 Å². The topological polar surface area (TPSA) is 45.9 Å². The van der Waals surface area contributed by atoms with Crippen LogP contribution in [-0.4, -0.2) is 11.6 Å². The van der Waals surface area contributed by atoms with Gasteiger partial charge < -0.3 is 4.74 Å². The normalized spacial score (nSPS) is 10.2. The van der Waals surface area contributed by atoms with Gasteiger partial charge >= 0.3 is 0 Å². The van der Waals surface area contributed by atoms with Crippen molar-refractivity contribution in [1.29, 1.82) is 5.26 Å². The zero-order chi connectivity index (χ0) is 12.4. The van der Waals surface area contributed by atoms with Crippen molar-refractivity contribution < 1.29 is 4.74 Å². The van der Waals surface area contributed by atoms with Gasteiger partial charge in [0.15, 0.2) is 6.61 Å². The Morgan fingerprint density at radius 2 is 2.06 bits per heavy atom. The second kappa shape index (κ2) is 4.42. The fraction of sp³-hybridized carbons (Fsp3) is 0.286. The molecule has 0 aliphatic heterocycles. The highest BCUT2D eigenvalue weighted by atomic mass is 16.5. The molecule has 0 bridgehead atoms. The molecule has 2 rings (SSSR count). The van der Waals surface area contributed by atoms with Gasteiger partial charge in [0.05, 0.1) is 5.52 Å². The summed E-state index contributed by atoms with van der Waals surface area (Å²) in [7, 11) is 0. The molecule has 0 radical (unpaired) electrons. The van der Waals surface area contributed by atoms with Gasteiger partial charge in [-0.15, -0.1) is 0 Å². The summed E-state index contributed by atoms with van der Waals surface area (Å²) >= 11 is 0. The van der Waals surface area contributed by atoms with E-state index in [4.69, 9.17) is 10.00 Å². The zero-order valence-corrected chi connectivity index (χ0v) is 10.2. The Morgan fingerprint density at radius 3 is 2.76 bits per heavy atom. The summed E-state index contributed by atoms with van der Waals surface area (Å²) in [5, 5.41) is 9.54. The smallest absolute Gasteiger partial charge is 0.174 e. The Bertz CT molecular complexity index is 612. The molecule has 1 aromatic heterocycles. The van der Waals surface area contributed by atoms with Crippen molar-refractivity contribution in [3.63, 3.8) is 0 Å². The fourth-order valence-electron chi connectivity index (χ4n) is 1.85. The van der Waals surface area contributed by atoms with Crippen LogP contribution in [0.25, 0.3) is 10.9 Å². The van der Waals surface area contributed by atoms with Gasteiger partial charge in [0.1, 0.15) is 11.8 Å². The van der Waals surface area contributed by atoms with Gasteiger partial charge in [-0.25, -0.2) is 0 Å². The zero-order valence-electron chi connectivity index (χ0n) is 10.2. The summed E-state index contributed by atoms with van der Waals surface area (Å²) in [6, 6.07) is 7.90. The van der Waals surface area contributed by atoms with Crippen molar-refractivity contribution in [2.24, 2.45) is 0 Å². The van der Waals surface area contributed by atoms with Crippen molar-refractivity contribution in [3.8, 4) is 11.8 Å². The third kappa shape index (κ3) is 2.07. The molecule has 1 aromatic carbocycles. The van der Waals surface area contributed by atoms with E-state index in [1.807, 2.05) is 31.2 Å². The molecular weight excluding hydrogens is 212 g/mol. The van der Waals surface area contributed by atoms with Crippen LogP contribution in [0.1, 0.15) is 16.8 Å². The van der Waals surface area contributed by atoms with E-state index < -0.39 is 0 Å². The Morgan fingerprint density at radius 1 is 1.29 bits per heavy atom. The second-order valence-electron chi connectivity index (χ2n) is 4.11. The van der Waals surface area contributed by atoms with Gasteiger partial charge in [0.25, 0.3) is 0 Å². The van der Waals surface area contributed by atoms with Crippen molar-refractivity contribution in [2.45, 2.75) is 20.8 Å². The fourth-order valence-corrected chi connectivity index (χ4v) is 1.85. The number of benzene rings is 1. The molecular formula is C14H14N2O. The Labute approximate surface area is 101 Å². The summed E-state index contributed by atoms with van der Waals surface area (Å²) in [5.41, 5.74) is 4.23. The summed E-state index contributed by atoms with van der Waals surface area (Å²) in [6.45, 7) is 6.11. The molecule has 0 fully saturated rings. The third-order valence-corrected chi connectivity index (χ3v) is 2.89. The number of rotatable bonds is 2. The van der Waals surface area contributed by atoms with Crippen LogP contribution in [0.4, 0.5) is 0 Å². The number of hydrogen-bond acceptors (Lipinski definition) is 3. The number of nitriles is 1. The van der Waals surface area contributed by atoms with Gasteiger partial charge in [0.2, 0.25) is 0 Å². The number of aryl methyl sites for hydroxylation is 3. The molecule has 0 unspecified atom stereocenters. The molecule has 0 saturated heterocycles. The standard InChI is InChI=1S/C14H14N2O/c1-9-4-5-12-13(17-7-6-15)8-10(2)16-14(12)11(9)3/h4-5,8H,7H2,1-3H3. The van der Waals surface area contributed by atoms with Gasteiger partial charge in [-0.2, -0.15) is 5.26 Å². The van der Waals surface area contributed by atoms with E-state index in [0.29, 0.717) is 0 Å². The minimum Gasteiger partial charge on any atom is -0.478 e. The highest BCUT2D eigenvalue weighted by Crippen LogP contribution is 2.28. The number of hydrogen-bond donors (Lipinski definition) is 0. The van der Waals surface area contributed by atoms with Crippen LogP contribution in [0.5, 0.6) is 5.75 Å². The minimum absolute atomic E-state index is 0.0610. The maximum atomic E-state index is 8.58. The van der Waals surface area contributed by atoms with E-state index in [1.54, 1.807) is 0 Å². The molecule has 2 aromatic rings. The maximum Gasteiger partial charge on any atom is 0.174 e. The molecule has 0 N–H and O–H groups in total. The van der Waals surface area contributed by atoms with Crippen LogP contribution in [-0.2, 0) is 0 Å². The first-order chi connectivity index (χ1) is 8.13. The Balaban J connectivity index is 2.69. The van der Waals surface area contributed by atoms with E-state index in [-0.39, 0.29) is 6.61 Å². The van der Waals surface area contributed by atoms with Crippen molar-refractivity contribution >= 4 is 10.9 Å². The second-order valence-corrected chi connectivity index (χ2v) is 4.11. The average molecular weight is 226 g/mol. The lowest BCUT2D eigenvalue weighted by molar-refractivity contribution is 0.372. The number of ether oxygens (including phenoxy) is 1. The highest BCUT2D eigenvalue weighted by Gasteiger charge is 2.08. The predicted octanol–water partition coefficient (Wildman–Crippen LogP) is 3.06. The van der Waals surface area contributed by atoms with E-state index in [9.17, 15) is 0 Å². The summed E-state index contributed by atoms with van der Waals surface area (Å²) in [6.07, 6.45) is 0. The van der Waals surface area contributed by atoms with Crippen LogP contribution in [0, 0.1) is 32.1 Å². The van der Waals surface area contributed by atoms with Gasteiger partial charge in [-0.1, -0.05) is 6.07 Å². The lowest BCUT2D eigenvalue weighted by Crippen LogP contribution is -1.98. The van der Waals surface area contributed by atoms with Crippen LogP contribution in [0.3, 0.4) is 0 Å². The first kappa shape index (κ1) is 11.4. The molecule has 0 spiro atoms. The lowest BCUT2D eigenvalue weighted by Gasteiger charge is -2.10. The Kier molecular flexibility index (Phi) is 2.97. The Hall–Kier alpha value is -2.08. The van der Waals surface area contributed by atoms with E-state index in [1.165, 1.54) is 5.56 Å². The quantitative estimate of drug-likeness (QED) is 0.790. The number of pyridine rings is 1. The van der Waals surface area contributed by atoms with Crippen LogP contribution in [0.15, 0.2) is 18.2 Å². The minimum atomic E-state index is 0.0610. The van der Waals surface area contributed by atoms with Crippen LogP contribution >= 0.6 is 0 Å². The van der Waals surface area contributed by atoms with Crippen LogP contribution in [0.2, 0.25) is 0 Å². The predicted molar refractivity (Wildman–Crippen MR) is 67.1 cm³/mol. The molecule has 0 amide bonds. The SMILES string of the molecule is Cc1cc(OCC#N)c2ccc(C)c(C)c2n1. The first-order valence-electron chi connectivity index (χ1n) is 5.51. The largest absolute Gasteiger partial charge is 0.478 e. The van der Waals surface area contributed by atoms with E-state index in [2.05, 4.69) is 18.8 Å². The number of fused-ring (bicyclic) bond motifs is 1. The summed E-state index contributed by atoms with van der Waals surface area (Å²) < 4.78 is 5.44. The highest BCUT2D eigenvalue weighted by molar-refractivity contribution is 5.88. The molecule has 0 atom stereocenters. The maximum absolute atomic E-state index is 8.58. The van der Waals surface area contributed by atoms with E-state index >= 15 is 0 Å². The van der Waals surface area contributed by atoms with Gasteiger partial charge in [0, 0.05) is 17.1 Å². The van der Waals surface area contributed by atoms with Crippen molar-refractivity contribution in [1.82, 2.24) is 4.98 Å².